The number of hydrogen-bond donors (Lipinski definition) is 2. The smallest absolute Gasteiger partial charge is 0.291 e. The molecule has 3 aromatic rings. The lowest BCUT2D eigenvalue weighted by molar-refractivity contribution is -0.115. The molecule has 0 radical (unpaired) electrons. The van der Waals surface area contributed by atoms with Gasteiger partial charge >= 0.3 is 0 Å². The van der Waals surface area contributed by atoms with Gasteiger partial charge in [-0.2, -0.15) is 0 Å². The van der Waals surface area contributed by atoms with E-state index in [1.165, 1.54) is 5.56 Å². The Hall–Kier alpha value is -4.10. The molecule has 1 atom stereocenters. The summed E-state index contributed by atoms with van der Waals surface area (Å²) in [4.78, 5) is 27.9. The quantitative estimate of drug-likeness (QED) is 0.429. The first-order valence-electron chi connectivity index (χ1n) is 12.0. The lowest BCUT2D eigenvalue weighted by Crippen LogP contribution is -2.42. The van der Waals surface area contributed by atoms with Gasteiger partial charge in [-0.25, -0.2) is 0 Å². The highest BCUT2D eigenvalue weighted by molar-refractivity contribution is 6.09. The number of fused-ring (bicyclic) bond motifs is 1. The van der Waals surface area contributed by atoms with Gasteiger partial charge in [0.05, 0.1) is 12.8 Å². The van der Waals surface area contributed by atoms with E-state index in [-0.39, 0.29) is 23.6 Å². The molecular formula is C29H31N3O4. The molecule has 1 aliphatic heterocycles. The molecule has 36 heavy (non-hydrogen) atoms. The van der Waals surface area contributed by atoms with Crippen molar-refractivity contribution in [2.24, 2.45) is 0 Å². The fourth-order valence-corrected chi connectivity index (χ4v) is 4.11. The number of ether oxygens (including phenoxy) is 2. The van der Waals surface area contributed by atoms with Crippen LogP contribution in [0.1, 0.15) is 34.8 Å². The maximum Gasteiger partial charge on any atom is 0.291 e. The minimum atomic E-state index is -0.389. The third-order valence-corrected chi connectivity index (χ3v) is 6.01. The zero-order chi connectivity index (χ0) is 25.5. The van der Waals surface area contributed by atoms with E-state index >= 15 is 0 Å². The number of nitrogens with one attached hydrogen (secondary N) is 2. The van der Waals surface area contributed by atoms with Crippen molar-refractivity contribution in [2.75, 3.05) is 26.0 Å². The van der Waals surface area contributed by atoms with Gasteiger partial charge in [0.1, 0.15) is 5.75 Å². The second kappa shape index (κ2) is 11.6. The summed E-state index contributed by atoms with van der Waals surface area (Å²) in [6.45, 7) is 3.58. The predicted octanol–water partition coefficient (Wildman–Crippen LogP) is 4.71. The van der Waals surface area contributed by atoms with Crippen LogP contribution >= 0.6 is 0 Å². The second-order valence-corrected chi connectivity index (χ2v) is 8.78. The number of likely N-dealkylation sites (N-methyl/N-ethyl adjacent to an activating group) is 1. The van der Waals surface area contributed by atoms with Crippen molar-refractivity contribution in [2.45, 2.75) is 25.9 Å². The highest BCUT2D eigenvalue weighted by Gasteiger charge is 2.24. The van der Waals surface area contributed by atoms with Gasteiger partial charge in [0.25, 0.3) is 11.8 Å². The van der Waals surface area contributed by atoms with Crippen molar-refractivity contribution in [3.63, 3.8) is 0 Å². The molecule has 0 aromatic heterocycles. The summed E-state index contributed by atoms with van der Waals surface area (Å²) in [6, 6.07) is 22.6. The van der Waals surface area contributed by atoms with Crippen LogP contribution in [0, 0.1) is 0 Å². The zero-order valence-corrected chi connectivity index (χ0v) is 20.8. The molecule has 1 aliphatic rings. The van der Waals surface area contributed by atoms with Gasteiger partial charge in [-0.15, -0.1) is 0 Å². The average Bonchev–Trinajstić information content (AvgIpc) is 2.89. The molecule has 1 unspecified atom stereocenters. The van der Waals surface area contributed by atoms with Crippen LogP contribution in [0.2, 0.25) is 0 Å². The first kappa shape index (κ1) is 25.0. The highest BCUT2D eigenvalue weighted by atomic mass is 16.5. The van der Waals surface area contributed by atoms with E-state index in [0.717, 1.165) is 25.1 Å². The van der Waals surface area contributed by atoms with Gasteiger partial charge in [-0.3, -0.25) is 9.59 Å². The van der Waals surface area contributed by atoms with Crippen molar-refractivity contribution in [1.29, 1.82) is 0 Å². The Kier molecular flexibility index (Phi) is 8.02. The Labute approximate surface area is 211 Å². The zero-order valence-electron chi connectivity index (χ0n) is 20.8. The Morgan fingerprint density at radius 3 is 2.61 bits per heavy atom. The van der Waals surface area contributed by atoms with Crippen LogP contribution in [0.15, 0.2) is 78.6 Å². The third-order valence-electron chi connectivity index (χ3n) is 6.01. The molecule has 1 heterocycles. The minimum absolute atomic E-state index is 0.0107. The van der Waals surface area contributed by atoms with Crippen molar-refractivity contribution >= 4 is 23.6 Å². The number of hydrogen-bond acceptors (Lipinski definition) is 5. The molecule has 0 bridgehead atoms. The van der Waals surface area contributed by atoms with Gasteiger partial charge in [0, 0.05) is 30.3 Å². The van der Waals surface area contributed by atoms with Crippen LogP contribution in [0.4, 0.5) is 5.69 Å². The number of para-hydroxylation sites is 1. The van der Waals surface area contributed by atoms with Crippen molar-refractivity contribution in [3.05, 3.63) is 95.2 Å². The fourth-order valence-electron chi connectivity index (χ4n) is 4.11. The Morgan fingerprint density at radius 2 is 1.86 bits per heavy atom. The lowest BCUT2D eigenvalue weighted by atomic mass is 10.1. The SMILES string of the molecule is CCC(CN(C)Cc1ccccc1)NC(=O)c1ccc2c(c1)NC(=O)/C(=C\c1ccccc1OC)O2. The average molecular weight is 486 g/mol. The molecule has 3 aromatic carbocycles. The van der Waals surface area contributed by atoms with Crippen molar-refractivity contribution < 1.29 is 19.1 Å². The monoisotopic (exact) mass is 485 g/mol. The lowest BCUT2D eigenvalue weighted by Gasteiger charge is -2.25. The summed E-state index contributed by atoms with van der Waals surface area (Å²) in [5.74, 6) is 0.681. The molecule has 186 valence electrons. The molecule has 7 heteroatoms. The Bertz CT molecular complexity index is 1260. The number of nitrogens with zero attached hydrogens (tertiary/aromatic N) is 1. The standard InChI is InChI=1S/C29H31N3O4/c1-4-23(19-32(2)18-20-10-6-5-7-11-20)30-28(33)22-14-15-26-24(16-22)31-29(34)27(36-26)17-21-12-8-9-13-25(21)35-3/h5-17,23H,4,18-19H2,1-3H3,(H,30,33)(H,31,34)/b27-17+. The highest BCUT2D eigenvalue weighted by Crippen LogP contribution is 2.33. The van der Waals surface area contributed by atoms with Crippen LogP contribution < -0.4 is 20.1 Å². The topological polar surface area (TPSA) is 79.9 Å². The van der Waals surface area contributed by atoms with E-state index in [9.17, 15) is 9.59 Å². The van der Waals surface area contributed by atoms with Crippen LogP contribution in [-0.4, -0.2) is 43.5 Å². The Morgan fingerprint density at radius 1 is 1.11 bits per heavy atom. The van der Waals surface area contributed by atoms with Crippen molar-refractivity contribution in [3.8, 4) is 11.5 Å². The summed E-state index contributed by atoms with van der Waals surface area (Å²) in [5.41, 5.74) is 2.87. The summed E-state index contributed by atoms with van der Waals surface area (Å²) in [7, 11) is 3.62. The second-order valence-electron chi connectivity index (χ2n) is 8.78. The molecule has 2 amide bonds. The van der Waals surface area contributed by atoms with Crippen LogP contribution in [0.5, 0.6) is 11.5 Å². The number of anilines is 1. The first-order valence-corrected chi connectivity index (χ1v) is 12.0. The molecule has 0 spiro atoms. The fraction of sp³-hybridized carbons (Fsp3) is 0.241. The first-order chi connectivity index (χ1) is 17.5. The van der Waals surface area contributed by atoms with Crippen LogP contribution in [-0.2, 0) is 11.3 Å². The van der Waals surface area contributed by atoms with Gasteiger partial charge in [-0.1, -0.05) is 55.5 Å². The summed E-state index contributed by atoms with van der Waals surface area (Å²) >= 11 is 0. The maximum absolute atomic E-state index is 13.0. The van der Waals surface area contributed by atoms with Gasteiger partial charge < -0.3 is 25.0 Å². The number of rotatable bonds is 9. The van der Waals surface area contributed by atoms with E-state index in [1.807, 2.05) is 49.5 Å². The molecule has 2 N–H and O–H groups in total. The third kappa shape index (κ3) is 6.12. The number of methoxy groups -OCH3 is 1. The van der Waals surface area contributed by atoms with E-state index < -0.39 is 0 Å². The normalized spacial score (nSPS) is 14.6. The van der Waals surface area contributed by atoms with Gasteiger partial charge in [0.15, 0.2) is 11.5 Å². The minimum Gasteiger partial charge on any atom is -0.496 e. The molecule has 7 nitrogen and oxygen atoms in total. The van der Waals surface area contributed by atoms with E-state index in [0.29, 0.717) is 22.7 Å². The van der Waals surface area contributed by atoms with Crippen LogP contribution in [0.3, 0.4) is 0 Å². The van der Waals surface area contributed by atoms with E-state index in [4.69, 9.17) is 9.47 Å². The number of carbonyl (C=O) groups is 2. The molecule has 0 saturated heterocycles. The molecular weight excluding hydrogens is 454 g/mol. The maximum atomic E-state index is 13.0. The Balaban J connectivity index is 1.42. The van der Waals surface area contributed by atoms with Gasteiger partial charge in [0.2, 0.25) is 0 Å². The summed E-state index contributed by atoms with van der Waals surface area (Å²) in [5, 5.41) is 5.94. The number of carbonyl (C=O) groups excluding carboxylic acids is 2. The summed E-state index contributed by atoms with van der Waals surface area (Å²) in [6.07, 6.45) is 2.43. The largest absolute Gasteiger partial charge is 0.496 e. The number of benzene rings is 3. The summed E-state index contributed by atoms with van der Waals surface area (Å²) < 4.78 is 11.2. The van der Waals surface area contributed by atoms with Crippen LogP contribution in [0.25, 0.3) is 6.08 Å². The van der Waals surface area contributed by atoms with E-state index in [2.05, 4.69) is 34.6 Å². The van der Waals surface area contributed by atoms with Gasteiger partial charge in [-0.05, 0) is 49.4 Å². The van der Waals surface area contributed by atoms with Crippen molar-refractivity contribution in [1.82, 2.24) is 10.2 Å². The molecule has 0 saturated carbocycles. The predicted molar refractivity (Wildman–Crippen MR) is 141 cm³/mol. The molecule has 0 aliphatic carbocycles. The number of amides is 2. The molecule has 4 rings (SSSR count). The molecule has 0 fully saturated rings. The van der Waals surface area contributed by atoms with E-state index in [1.54, 1.807) is 31.4 Å².